The third kappa shape index (κ3) is 5.62. The van der Waals surface area contributed by atoms with Crippen LogP contribution >= 0.6 is 0 Å². The van der Waals surface area contributed by atoms with Crippen LogP contribution in [-0.2, 0) is 22.6 Å². The standard InChI is InChI=1S/C17H17F4NO3S/c1-2-12-3-6-14(7-4-12)25-9-10-26(23,24)22-13-5-8-16(18)15(11-13)17(19,20)21/h3-8,11,22H,2,9-10H2,1H3. The molecule has 0 radical (unpaired) electrons. The first-order chi connectivity index (χ1) is 12.1. The Morgan fingerprint density at radius 3 is 2.31 bits per heavy atom. The predicted molar refractivity (Wildman–Crippen MR) is 90.1 cm³/mol. The van der Waals surface area contributed by atoms with Gasteiger partial charge in [0, 0.05) is 5.69 Å². The largest absolute Gasteiger partial charge is 0.492 e. The second-order valence-corrected chi connectivity index (χ2v) is 7.30. The van der Waals surface area contributed by atoms with Crippen LogP contribution in [0.4, 0.5) is 23.2 Å². The van der Waals surface area contributed by atoms with E-state index in [-0.39, 0.29) is 12.3 Å². The van der Waals surface area contributed by atoms with Crippen molar-refractivity contribution in [2.24, 2.45) is 0 Å². The van der Waals surface area contributed by atoms with E-state index in [4.69, 9.17) is 4.74 Å². The summed E-state index contributed by atoms with van der Waals surface area (Å²) in [4.78, 5) is 0. The van der Waals surface area contributed by atoms with Gasteiger partial charge in [-0.05, 0) is 42.3 Å². The van der Waals surface area contributed by atoms with Crippen LogP contribution in [0.1, 0.15) is 18.1 Å². The Hall–Kier alpha value is -2.29. The minimum absolute atomic E-state index is 0.186. The summed E-state index contributed by atoms with van der Waals surface area (Å²) in [5.74, 6) is -1.46. The number of alkyl halides is 3. The second kappa shape index (κ2) is 7.94. The summed E-state index contributed by atoms with van der Waals surface area (Å²) in [5, 5.41) is 0. The average Bonchev–Trinajstić information content (AvgIpc) is 2.56. The molecule has 0 aliphatic carbocycles. The minimum atomic E-state index is -4.92. The maximum Gasteiger partial charge on any atom is 0.419 e. The molecule has 0 aliphatic heterocycles. The molecule has 0 aromatic heterocycles. The molecule has 4 nitrogen and oxygen atoms in total. The van der Waals surface area contributed by atoms with E-state index < -0.39 is 33.3 Å². The van der Waals surface area contributed by atoms with Gasteiger partial charge in [0.25, 0.3) is 0 Å². The lowest BCUT2D eigenvalue weighted by Crippen LogP contribution is -2.21. The fourth-order valence-corrected chi connectivity index (χ4v) is 3.02. The lowest BCUT2D eigenvalue weighted by atomic mass is 10.2. The van der Waals surface area contributed by atoms with Gasteiger partial charge >= 0.3 is 6.18 Å². The van der Waals surface area contributed by atoms with Gasteiger partial charge in [-0.2, -0.15) is 13.2 Å². The summed E-state index contributed by atoms with van der Waals surface area (Å²) < 4.78 is 82.5. The minimum Gasteiger partial charge on any atom is -0.492 e. The fraction of sp³-hybridized carbons (Fsp3) is 0.294. The van der Waals surface area contributed by atoms with Gasteiger partial charge in [-0.3, -0.25) is 4.72 Å². The number of anilines is 1. The lowest BCUT2D eigenvalue weighted by Gasteiger charge is -2.12. The first kappa shape index (κ1) is 20.0. The van der Waals surface area contributed by atoms with Gasteiger partial charge in [-0.25, -0.2) is 12.8 Å². The van der Waals surface area contributed by atoms with E-state index in [1.165, 1.54) is 0 Å². The molecule has 0 aliphatic rings. The number of ether oxygens (including phenoxy) is 1. The van der Waals surface area contributed by atoms with E-state index in [0.717, 1.165) is 18.1 Å². The van der Waals surface area contributed by atoms with Gasteiger partial charge in [0.15, 0.2) is 0 Å². The maximum atomic E-state index is 13.2. The van der Waals surface area contributed by atoms with Gasteiger partial charge in [0.05, 0.1) is 5.56 Å². The molecule has 26 heavy (non-hydrogen) atoms. The Morgan fingerprint density at radius 2 is 1.73 bits per heavy atom. The highest BCUT2D eigenvalue weighted by molar-refractivity contribution is 7.92. The third-order valence-corrected chi connectivity index (χ3v) is 4.75. The normalized spacial score (nSPS) is 12.0. The number of aryl methyl sites for hydroxylation is 1. The first-order valence-electron chi connectivity index (χ1n) is 7.69. The molecule has 0 bridgehead atoms. The van der Waals surface area contributed by atoms with Gasteiger partial charge < -0.3 is 4.74 Å². The van der Waals surface area contributed by atoms with Crippen LogP contribution in [0.5, 0.6) is 5.75 Å². The van der Waals surface area contributed by atoms with Crippen LogP contribution in [0.2, 0.25) is 0 Å². The molecule has 2 rings (SSSR count). The molecular weight excluding hydrogens is 374 g/mol. The number of hydrogen-bond donors (Lipinski definition) is 1. The Labute approximate surface area is 148 Å². The number of hydrogen-bond acceptors (Lipinski definition) is 3. The number of nitrogens with one attached hydrogen (secondary N) is 1. The average molecular weight is 391 g/mol. The second-order valence-electron chi connectivity index (χ2n) is 5.46. The van der Waals surface area contributed by atoms with E-state index in [1.54, 1.807) is 12.1 Å². The summed E-state index contributed by atoms with van der Waals surface area (Å²) in [5.41, 5.74) is -0.806. The molecule has 0 fully saturated rings. The van der Waals surface area contributed by atoms with Crippen molar-refractivity contribution in [3.63, 3.8) is 0 Å². The highest BCUT2D eigenvalue weighted by Crippen LogP contribution is 2.33. The van der Waals surface area contributed by atoms with Crippen LogP contribution in [0.25, 0.3) is 0 Å². The van der Waals surface area contributed by atoms with Crippen LogP contribution < -0.4 is 9.46 Å². The van der Waals surface area contributed by atoms with Crippen LogP contribution in [-0.4, -0.2) is 20.8 Å². The van der Waals surface area contributed by atoms with Gasteiger partial charge in [-0.15, -0.1) is 0 Å². The van der Waals surface area contributed by atoms with Crippen molar-refractivity contribution >= 4 is 15.7 Å². The Bertz CT molecular complexity index is 849. The Morgan fingerprint density at radius 1 is 1.08 bits per heavy atom. The summed E-state index contributed by atoms with van der Waals surface area (Å²) in [7, 11) is -3.96. The van der Waals surface area contributed by atoms with Gasteiger partial charge in [0.2, 0.25) is 10.0 Å². The van der Waals surface area contributed by atoms with Gasteiger partial charge in [-0.1, -0.05) is 19.1 Å². The zero-order valence-electron chi connectivity index (χ0n) is 13.8. The van der Waals surface area contributed by atoms with E-state index >= 15 is 0 Å². The molecule has 9 heteroatoms. The summed E-state index contributed by atoms with van der Waals surface area (Å²) in [6, 6.07) is 9.00. The van der Waals surface area contributed by atoms with E-state index in [2.05, 4.69) is 0 Å². The van der Waals surface area contributed by atoms with Crippen molar-refractivity contribution in [1.29, 1.82) is 0 Å². The number of rotatable bonds is 7. The first-order valence-corrected chi connectivity index (χ1v) is 9.35. The van der Waals surface area contributed by atoms with Crippen molar-refractivity contribution < 1.29 is 30.7 Å². The predicted octanol–water partition coefficient (Wildman–Crippen LogP) is 4.23. The smallest absolute Gasteiger partial charge is 0.419 e. The molecule has 1 N–H and O–H groups in total. The molecule has 2 aromatic rings. The molecule has 0 saturated heterocycles. The molecule has 0 unspecified atom stereocenters. The third-order valence-electron chi connectivity index (χ3n) is 3.50. The van der Waals surface area contributed by atoms with Crippen molar-refractivity contribution in [1.82, 2.24) is 0 Å². The highest BCUT2D eigenvalue weighted by Gasteiger charge is 2.34. The highest BCUT2D eigenvalue weighted by atomic mass is 32.2. The molecule has 0 spiro atoms. The van der Waals surface area contributed by atoms with E-state index in [1.807, 2.05) is 23.8 Å². The monoisotopic (exact) mass is 391 g/mol. The van der Waals surface area contributed by atoms with Crippen molar-refractivity contribution in [2.75, 3.05) is 17.1 Å². The quantitative estimate of drug-likeness (QED) is 0.719. The molecule has 0 amide bonds. The molecule has 0 atom stereocenters. The molecule has 2 aromatic carbocycles. The lowest BCUT2D eigenvalue weighted by molar-refractivity contribution is -0.139. The van der Waals surface area contributed by atoms with Crippen LogP contribution in [0.3, 0.4) is 0 Å². The topological polar surface area (TPSA) is 55.4 Å². The zero-order chi connectivity index (χ0) is 19.4. The molecule has 0 saturated carbocycles. The van der Waals surface area contributed by atoms with Crippen LogP contribution in [0.15, 0.2) is 42.5 Å². The molecule has 142 valence electrons. The summed E-state index contributed by atoms with van der Waals surface area (Å²) in [6.07, 6.45) is -4.06. The van der Waals surface area contributed by atoms with E-state index in [9.17, 15) is 26.0 Å². The Balaban J connectivity index is 1.98. The van der Waals surface area contributed by atoms with E-state index in [0.29, 0.717) is 17.9 Å². The van der Waals surface area contributed by atoms with Crippen molar-refractivity contribution in [3.05, 3.63) is 59.4 Å². The van der Waals surface area contributed by atoms with Gasteiger partial charge in [0.1, 0.15) is 23.9 Å². The van der Waals surface area contributed by atoms with Crippen LogP contribution in [0, 0.1) is 5.82 Å². The number of sulfonamides is 1. The Kier molecular flexibility index (Phi) is 6.12. The number of halogens is 4. The molecular formula is C17H17F4NO3S. The maximum absolute atomic E-state index is 13.2. The zero-order valence-corrected chi connectivity index (χ0v) is 14.6. The van der Waals surface area contributed by atoms with Crippen molar-refractivity contribution in [2.45, 2.75) is 19.5 Å². The molecule has 0 heterocycles. The summed E-state index contributed by atoms with van der Waals surface area (Å²) in [6.45, 7) is 1.81. The number of benzene rings is 2. The van der Waals surface area contributed by atoms with Crippen molar-refractivity contribution in [3.8, 4) is 5.75 Å². The summed E-state index contributed by atoms with van der Waals surface area (Å²) >= 11 is 0. The fourth-order valence-electron chi connectivity index (χ4n) is 2.13. The SMILES string of the molecule is CCc1ccc(OCCS(=O)(=O)Nc2ccc(F)c(C(F)(F)F)c2)cc1.